The number of aryl methyl sites for hydroxylation is 2. The van der Waals surface area contributed by atoms with Gasteiger partial charge >= 0.3 is 0 Å². The van der Waals surface area contributed by atoms with Crippen molar-refractivity contribution in [2.24, 2.45) is 0 Å². The summed E-state index contributed by atoms with van der Waals surface area (Å²) < 4.78 is 5.44. The molecule has 2 aromatic heterocycles. The van der Waals surface area contributed by atoms with Crippen molar-refractivity contribution >= 4 is 16.8 Å². The molecule has 0 atom stereocenters. The van der Waals surface area contributed by atoms with E-state index in [1.54, 1.807) is 29.4 Å². The summed E-state index contributed by atoms with van der Waals surface area (Å²) in [7, 11) is 0. The van der Waals surface area contributed by atoms with Gasteiger partial charge in [0.05, 0.1) is 19.4 Å². The molecule has 2 heterocycles. The zero-order valence-corrected chi connectivity index (χ0v) is 16.4. The van der Waals surface area contributed by atoms with Crippen LogP contribution in [0.25, 0.3) is 10.9 Å². The normalized spacial score (nSPS) is 11.0. The summed E-state index contributed by atoms with van der Waals surface area (Å²) >= 11 is 0. The van der Waals surface area contributed by atoms with Crippen molar-refractivity contribution in [3.8, 4) is 0 Å². The minimum atomic E-state index is -0.189. The van der Waals surface area contributed by atoms with Crippen LogP contribution in [0.15, 0.2) is 76.1 Å². The number of rotatable bonds is 5. The van der Waals surface area contributed by atoms with Crippen LogP contribution >= 0.6 is 0 Å². The van der Waals surface area contributed by atoms with Crippen LogP contribution in [0.2, 0.25) is 0 Å². The van der Waals surface area contributed by atoms with Gasteiger partial charge in [0, 0.05) is 16.6 Å². The molecule has 4 rings (SSSR count). The molecule has 29 heavy (non-hydrogen) atoms. The molecule has 0 saturated heterocycles. The molecule has 0 saturated carbocycles. The Labute approximate surface area is 168 Å². The molecule has 5 heteroatoms. The lowest BCUT2D eigenvalue weighted by molar-refractivity contribution is 0.0717. The fraction of sp³-hybridized carbons (Fsp3) is 0.167. The van der Waals surface area contributed by atoms with Crippen LogP contribution in [0, 0.1) is 13.8 Å². The number of nitrogens with zero attached hydrogens (tertiary/aromatic N) is 1. The first-order chi connectivity index (χ1) is 14.0. The van der Waals surface area contributed by atoms with E-state index in [0.29, 0.717) is 16.9 Å². The number of H-pyrrole nitrogens is 1. The van der Waals surface area contributed by atoms with E-state index in [-0.39, 0.29) is 24.6 Å². The van der Waals surface area contributed by atoms with Gasteiger partial charge in [-0.15, -0.1) is 0 Å². The topological polar surface area (TPSA) is 66.3 Å². The molecule has 0 unspecified atom stereocenters. The maximum Gasteiger partial charge on any atom is 0.254 e. The lowest BCUT2D eigenvalue weighted by atomic mass is 10.0. The first-order valence-corrected chi connectivity index (χ1v) is 9.51. The molecule has 2 aromatic carbocycles. The lowest BCUT2D eigenvalue weighted by Gasteiger charge is -2.22. The van der Waals surface area contributed by atoms with E-state index < -0.39 is 0 Å². The van der Waals surface area contributed by atoms with Gasteiger partial charge in [-0.1, -0.05) is 18.2 Å². The average Bonchev–Trinajstić information content (AvgIpc) is 3.23. The van der Waals surface area contributed by atoms with Gasteiger partial charge in [0.15, 0.2) is 0 Å². The van der Waals surface area contributed by atoms with Crippen molar-refractivity contribution in [3.05, 3.63) is 105 Å². The summed E-state index contributed by atoms with van der Waals surface area (Å²) in [6.45, 7) is 4.53. The molecule has 4 aromatic rings. The maximum absolute atomic E-state index is 13.1. The van der Waals surface area contributed by atoms with Gasteiger partial charge in [-0.2, -0.15) is 0 Å². The van der Waals surface area contributed by atoms with Crippen LogP contribution in [-0.2, 0) is 13.1 Å². The standard InChI is InChI=1S/C24H22N2O3/c1-16-11-19-13-20(23(27)25-22(19)12-17(16)2)14-26(15-21-9-6-10-29-21)24(28)18-7-4-3-5-8-18/h3-13H,14-15H2,1-2H3,(H,25,27). The fourth-order valence-electron chi connectivity index (χ4n) is 3.40. The van der Waals surface area contributed by atoms with Crippen LogP contribution in [0.3, 0.4) is 0 Å². The number of fused-ring (bicyclic) bond motifs is 1. The zero-order chi connectivity index (χ0) is 20.4. The number of nitrogens with one attached hydrogen (secondary N) is 1. The SMILES string of the molecule is Cc1cc2cc(CN(Cc3ccco3)C(=O)c3ccccc3)c(=O)[nH]c2cc1C. The van der Waals surface area contributed by atoms with Crippen LogP contribution < -0.4 is 5.56 Å². The Balaban J connectivity index is 1.71. The highest BCUT2D eigenvalue weighted by Crippen LogP contribution is 2.19. The number of aromatic amines is 1. The van der Waals surface area contributed by atoms with Gasteiger partial charge in [0.2, 0.25) is 0 Å². The van der Waals surface area contributed by atoms with Crippen LogP contribution in [0.1, 0.15) is 32.8 Å². The van der Waals surface area contributed by atoms with E-state index in [9.17, 15) is 9.59 Å². The largest absolute Gasteiger partial charge is 0.467 e. The highest BCUT2D eigenvalue weighted by atomic mass is 16.3. The predicted octanol–water partition coefficient (Wildman–Crippen LogP) is 4.58. The summed E-state index contributed by atoms with van der Waals surface area (Å²) in [5.41, 5.74) is 4.00. The van der Waals surface area contributed by atoms with E-state index in [1.165, 1.54) is 0 Å². The van der Waals surface area contributed by atoms with Crippen molar-refractivity contribution in [1.82, 2.24) is 9.88 Å². The molecule has 1 amide bonds. The minimum Gasteiger partial charge on any atom is -0.467 e. The van der Waals surface area contributed by atoms with E-state index in [4.69, 9.17) is 4.42 Å². The second-order valence-electron chi connectivity index (χ2n) is 7.25. The summed E-state index contributed by atoms with van der Waals surface area (Å²) in [6.07, 6.45) is 1.58. The zero-order valence-electron chi connectivity index (χ0n) is 16.4. The number of aromatic nitrogens is 1. The number of amides is 1. The van der Waals surface area contributed by atoms with Crippen molar-refractivity contribution in [2.45, 2.75) is 26.9 Å². The summed E-state index contributed by atoms with van der Waals surface area (Å²) in [5, 5.41) is 0.952. The first-order valence-electron chi connectivity index (χ1n) is 9.51. The molecular weight excluding hydrogens is 364 g/mol. The summed E-state index contributed by atoms with van der Waals surface area (Å²) in [4.78, 5) is 30.4. The molecule has 0 bridgehead atoms. The average molecular weight is 386 g/mol. The van der Waals surface area contributed by atoms with E-state index in [0.717, 1.165) is 22.0 Å². The Hall–Kier alpha value is -3.60. The van der Waals surface area contributed by atoms with Crippen molar-refractivity contribution in [2.75, 3.05) is 0 Å². The molecule has 0 fully saturated rings. The number of hydrogen-bond acceptors (Lipinski definition) is 3. The Morgan fingerprint density at radius 3 is 2.45 bits per heavy atom. The molecule has 0 radical (unpaired) electrons. The maximum atomic E-state index is 13.1. The molecule has 0 aliphatic rings. The van der Waals surface area contributed by atoms with Crippen molar-refractivity contribution in [3.63, 3.8) is 0 Å². The van der Waals surface area contributed by atoms with Gasteiger partial charge in [-0.3, -0.25) is 9.59 Å². The van der Waals surface area contributed by atoms with E-state index in [2.05, 4.69) is 11.1 Å². The monoisotopic (exact) mass is 386 g/mol. The Morgan fingerprint density at radius 1 is 0.966 bits per heavy atom. The smallest absolute Gasteiger partial charge is 0.254 e. The number of carbonyl (C=O) groups is 1. The van der Waals surface area contributed by atoms with Crippen LogP contribution in [-0.4, -0.2) is 15.8 Å². The number of hydrogen-bond donors (Lipinski definition) is 1. The van der Waals surface area contributed by atoms with Gasteiger partial charge in [0.25, 0.3) is 11.5 Å². The van der Waals surface area contributed by atoms with E-state index in [1.807, 2.05) is 50.2 Å². The lowest BCUT2D eigenvalue weighted by Crippen LogP contribution is -2.32. The van der Waals surface area contributed by atoms with Crippen molar-refractivity contribution in [1.29, 1.82) is 0 Å². The second-order valence-corrected chi connectivity index (χ2v) is 7.25. The molecule has 146 valence electrons. The number of carbonyl (C=O) groups excluding carboxylic acids is 1. The summed E-state index contributed by atoms with van der Waals surface area (Å²) in [5.74, 6) is 0.513. The third-order valence-corrected chi connectivity index (χ3v) is 5.13. The Morgan fingerprint density at radius 2 is 1.72 bits per heavy atom. The van der Waals surface area contributed by atoms with Gasteiger partial charge in [-0.25, -0.2) is 0 Å². The van der Waals surface area contributed by atoms with Crippen LogP contribution in [0.4, 0.5) is 0 Å². The molecule has 0 spiro atoms. The highest BCUT2D eigenvalue weighted by Gasteiger charge is 2.19. The quantitative estimate of drug-likeness (QED) is 0.546. The van der Waals surface area contributed by atoms with Gasteiger partial charge in [-0.05, 0) is 72.8 Å². The molecule has 5 nitrogen and oxygen atoms in total. The van der Waals surface area contributed by atoms with Gasteiger partial charge < -0.3 is 14.3 Å². The number of benzene rings is 2. The van der Waals surface area contributed by atoms with E-state index >= 15 is 0 Å². The summed E-state index contributed by atoms with van der Waals surface area (Å²) in [6, 6.07) is 18.6. The fourth-order valence-corrected chi connectivity index (χ4v) is 3.40. The number of pyridine rings is 1. The third-order valence-electron chi connectivity index (χ3n) is 5.13. The third kappa shape index (κ3) is 3.99. The number of furan rings is 1. The Kier molecular flexibility index (Phi) is 5.04. The second kappa shape index (κ2) is 7.80. The minimum absolute atomic E-state index is 0.151. The molecule has 0 aliphatic carbocycles. The molecular formula is C24H22N2O3. The highest BCUT2D eigenvalue weighted by molar-refractivity contribution is 5.94. The Bertz CT molecular complexity index is 1210. The molecule has 0 aliphatic heterocycles. The van der Waals surface area contributed by atoms with Gasteiger partial charge in [0.1, 0.15) is 5.76 Å². The first kappa shape index (κ1) is 18.7. The molecule has 1 N–H and O–H groups in total. The predicted molar refractivity (Wildman–Crippen MR) is 113 cm³/mol. The van der Waals surface area contributed by atoms with Crippen molar-refractivity contribution < 1.29 is 9.21 Å². The van der Waals surface area contributed by atoms with Crippen LogP contribution in [0.5, 0.6) is 0 Å².